The van der Waals surface area contributed by atoms with Gasteiger partial charge in [-0.3, -0.25) is 9.59 Å². The van der Waals surface area contributed by atoms with Crippen molar-refractivity contribution in [2.75, 3.05) is 16.8 Å². The van der Waals surface area contributed by atoms with E-state index in [-0.39, 0.29) is 17.6 Å². The number of nitrogens with one attached hydrogen (secondary N) is 1. The first kappa shape index (κ1) is 18.4. The number of halogens is 1. The number of nitrogens with zero attached hydrogens (tertiary/aromatic N) is 1. The van der Waals surface area contributed by atoms with E-state index in [4.69, 9.17) is 0 Å². The Bertz CT molecular complexity index is 1040. The number of thiophene rings is 1. The van der Waals surface area contributed by atoms with Crippen molar-refractivity contribution in [3.63, 3.8) is 0 Å². The number of carbonyl (C=O) groups excluding carboxylic acids is 2. The van der Waals surface area contributed by atoms with Gasteiger partial charge in [-0.2, -0.15) is 0 Å². The SMILES string of the molecule is Cc1ccc(C(=O)N2CCCc3c(NC(=O)c4ccc(F)cc4)cccc32)s1. The molecule has 1 aliphatic rings. The first-order valence-corrected chi connectivity index (χ1v) is 9.92. The summed E-state index contributed by atoms with van der Waals surface area (Å²) < 4.78 is 13.1. The van der Waals surface area contributed by atoms with Crippen LogP contribution in [0.1, 0.15) is 36.9 Å². The van der Waals surface area contributed by atoms with Gasteiger partial charge in [0.05, 0.1) is 4.88 Å². The molecule has 4 rings (SSSR count). The number of rotatable bonds is 3. The van der Waals surface area contributed by atoms with Crippen LogP contribution in [-0.2, 0) is 6.42 Å². The van der Waals surface area contributed by atoms with E-state index in [9.17, 15) is 14.0 Å². The van der Waals surface area contributed by atoms with Gasteiger partial charge < -0.3 is 10.2 Å². The Morgan fingerprint density at radius 1 is 1.07 bits per heavy atom. The highest BCUT2D eigenvalue weighted by Crippen LogP contribution is 2.34. The van der Waals surface area contributed by atoms with Crippen molar-refractivity contribution in [2.24, 2.45) is 0 Å². The van der Waals surface area contributed by atoms with Gasteiger partial charge >= 0.3 is 0 Å². The van der Waals surface area contributed by atoms with Crippen LogP contribution in [0.3, 0.4) is 0 Å². The predicted molar refractivity (Wildman–Crippen MR) is 110 cm³/mol. The molecule has 1 aliphatic heterocycles. The number of amides is 2. The van der Waals surface area contributed by atoms with Crippen LogP contribution in [0, 0.1) is 12.7 Å². The Morgan fingerprint density at radius 2 is 1.86 bits per heavy atom. The molecule has 1 aromatic heterocycles. The summed E-state index contributed by atoms with van der Waals surface area (Å²) in [6.45, 7) is 2.63. The number of hydrogen-bond donors (Lipinski definition) is 1. The average Bonchev–Trinajstić information content (AvgIpc) is 3.14. The van der Waals surface area contributed by atoms with Gasteiger partial charge in [-0.15, -0.1) is 11.3 Å². The van der Waals surface area contributed by atoms with Crippen molar-refractivity contribution >= 4 is 34.5 Å². The van der Waals surface area contributed by atoms with Crippen molar-refractivity contribution in [3.8, 4) is 0 Å². The Morgan fingerprint density at radius 3 is 2.57 bits per heavy atom. The lowest BCUT2D eigenvalue weighted by atomic mass is 9.99. The van der Waals surface area contributed by atoms with Crippen molar-refractivity contribution in [1.29, 1.82) is 0 Å². The maximum absolute atomic E-state index is 13.1. The molecule has 0 saturated heterocycles. The summed E-state index contributed by atoms with van der Waals surface area (Å²) in [6, 6.07) is 14.8. The molecule has 0 aliphatic carbocycles. The molecular weight excluding hydrogens is 375 g/mol. The smallest absolute Gasteiger partial charge is 0.268 e. The normalized spacial score (nSPS) is 13.1. The van der Waals surface area contributed by atoms with E-state index in [0.29, 0.717) is 22.7 Å². The molecule has 3 aromatic rings. The minimum absolute atomic E-state index is 0.0129. The van der Waals surface area contributed by atoms with Crippen LogP contribution in [0.2, 0.25) is 0 Å². The number of hydrogen-bond acceptors (Lipinski definition) is 3. The lowest BCUT2D eigenvalue weighted by Crippen LogP contribution is -2.35. The lowest BCUT2D eigenvalue weighted by Gasteiger charge is -2.30. The second kappa shape index (κ2) is 7.56. The molecule has 0 atom stereocenters. The van der Waals surface area contributed by atoms with Crippen molar-refractivity contribution < 1.29 is 14.0 Å². The van der Waals surface area contributed by atoms with Gasteiger partial charge in [-0.1, -0.05) is 6.07 Å². The Kier molecular flexibility index (Phi) is 4.96. The summed E-state index contributed by atoms with van der Waals surface area (Å²) in [6.07, 6.45) is 1.61. The lowest BCUT2D eigenvalue weighted by molar-refractivity contribution is 0.0988. The quantitative estimate of drug-likeness (QED) is 0.676. The molecule has 0 spiro atoms. The van der Waals surface area contributed by atoms with Crippen LogP contribution >= 0.6 is 11.3 Å². The summed E-state index contributed by atoms with van der Waals surface area (Å²) in [5.41, 5.74) is 2.86. The second-order valence-corrected chi connectivity index (χ2v) is 8.02. The van der Waals surface area contributed by atoms with Gasteiger partial charge in [0.25, 0.3) is 11.8 Å². The molecule has 2 aromatic carbocycles. The van der Waals surface area contributed by atoms with Gasteiger partial charge in [0.15, 0.2) is 0 Å². The van der Waals surface area contributed by atoms with E-state index < -0.39 is 0 Å². The molecule has 0 radical (unpaired) electrons. The van der Waals surface area contributed by atoms with E-state index in [0.717, 1.165) is 29.0 Å². The molecule has 28 heavy (non-hydrogen) atoms. The van der Waals surface area contributed by atoms with E-state index in [1.807, 2.05) is 37.3 Å². The minimum Gasteiger partial charge on any atom is -0.322 e. The number of fused-ring (bicyclic) bond motifs is 1. The molecule has 0 saturated carbocycles. The summed E-state index contributed by atoms with van der Waals surface area (Å²) in [7, 11) is 0. The topological polar surface area (TPSA) is 49.4 Å². The van der Waals surface area contributed by atoms with Gasteiger partial charge in [0.1, 0.15) is 5.82 Å². The first-order chi connectivity index (χ1) is 13.5. The standard InChI is InChI=1S/C22H19FN2O2S/c1-14-7-12-20(28-14)22(27)25-13-3-4-17-18(5-2-6-19(17)25)24-21(26)15-8-10-16(23)11-9-15/h2,5-12H,3-4,13H2,1H3,(H,24,26). The molecular formula is C22H19FN2O2S. The van der Waals surface area contributed by atoms with Crippen LogP contribution in [0.25, 0.3) is 0 Å². The highest BCUT2D eigenvalue weighted by molar-refractivity contribution is 7.14. The van der Waals surface area contributed by atoms with E-state index in [2.05, 4.69) is 5.32 Å². The number of anilines is 2. The summed E-state index contributed by atoms with van der Waals surface area (Å²) >= 11 is 1.49. The monoisotopic (exact) mass is 394 g/mol. The fraction of sp³-hybridized carbons (Fsp3) is 0.182. The third-order valence-corrected chi connectivity index (χ3v) is 5.79. The zero-order valence-electron chi connectivity index (χ0n) is 15.4. The van der Waals surface area contributed by atoms with Gasteiger partial charge in [0.2, 0.25) is 0 Å². The molecule has 0 fully saturated rings. The summed E-state index contributed by atoms with van der Waals surface area (Å²) in [5.74, 6) is -0.696. The van der Waals surface area contributed by atoms with Crippen molar-refractivity contribution in [3.05, 3.63) is 81.3 Å². The maximum Gasteiger partial charge on any atom is 0.268 e. The van der Waals surface area contributed by atoms with E-state index >= 15 is 0 Å². The number of benzene rings is 2. The average molecular weight is 394 g/mol. The van der Waals surface area contributed by atoms with Gasteiger partial charge in [-0.05, 0) is 73.9 Å². The van der Waals surface area contributed by atoms with Crippen LogP contribution in [0.5, 0.6) is 0 Å². The second-order valence-electron chi connectivity index (χ2n) is 6.73. The molecule has 6 heteroatoms. The first-order valence-electron chi connectivity index (χ1n) is 9.10. The van der Waals surface area contributed by atoms with E-state index in [1.54, 1.807) is 4.90 Å². The van der Waals surface area contributed by atoms with Crippen LogP contribution in [0.4, 0.5) is 15.8 Å². The Hall–Kier alpha value is -2.99. The highest BCUT2D eigenvalue weighted by atomic mass is 32.1. The molecule has 2 heterocycles. The fourth-order valence-electron chi connectivity index (χ4n) is 3.43. The molecule has 142 valence electrons. The van der Waals surface area contributed by atoms with E-state index in [1.165, 1.54) is 35.6 Å². The largest absolute Gasteiger partial charge is 0.322 e. The zero-order chi connectivity index (χ0) is 19.7. The van der Waals surface area contributed by atoms with Crippen LogP contribution in [0.15, 0.2) is 54.6 Å². The number of aryl methyl sites for hydroxylation is 1. The van der Waals surface area contributed by atoms with Crippen molar-refractivity contribution in [1.82, 2.24) is 0 Å². The van der Waals surface area contributed by atoms with Crippen molar-refractivity contribution in [2.45, 2.75) is 19.8 Å². The Balaban J connectivity index is 1.62. The predicted octanol–water partition coefficient (Wildman–Crippen LogP) is 5.04. The summed E-state index contributed by atoms with van der Waals surface area (Å²) in [4.78, 5) is 29.1. The minimum atomic E-state index is -0.383. The third-order valence-electron chi connectivity index (χ3n) is 4.80. The highest BCUT2D eigenvalue weighted by Gasteiger charge is 2.26. The third kappa shape index (κ3) is 3.55. The molecule has 0 bridgehead atoms. The molecule has 1 N–H and O–H groups in total. The molecule has 4 nitrogen and oxygen atoms in total. The zero-order valence-corrected chi connectivity index (χ0v) is 16.2. The molecule has 0 unspecified atom stereocenters. The fourth-order valence-corrected chi connectivity index (χ4v) is 4.25. The maximum atomic E-state index is 13.1. The van der Waals surface area contributed by atoms with Gasteiger partial charge in [0, 0.05) is 28.4 Å². The molecule has 2 amide bonds. The van der Waals surface area contributed by atoms with Crippen LogP contribution < -0.4 is 10.2 Å². The summed E-state index contributed by atoms with van der Waals surface area (Å²) in [5, 5.41) is 2.91. The number of carbonyl (C=O) groups is 2. The van der Waals surface area contributed by atoms with Crippen LogP contribution in [-0.4, -0.2) is 18.4 Å². The van der Waals surface area contributed by atoms with Gasteiger partial charge in [-0.25, -0.2) is 4.39 Å². The Labute approximate surface area is 166 Å².